The van der Waals surface area contributed by atoms with Crippen molar-refractivity contribution >= 4 is 31.9 Å². The molecule has 9 heteroatoms. The predicted octanol–water partition coefficient (Wildman–Crippen LogP) is 0.946. The van der Waals surface area contributed by atoms with Gasteiger partial charge in [0, 0.05) is 10.5 Å². The molecule has 0 spiro atoms. The summed E-state index contributed by atoms with van der Waals surface area (Å²) in [6, 6.07) is 1.09. The van der Waals surface area contributed by atoms with Crippen LogP contribution >= 0.6 is 15.9 Å². The van der Waals surface area contributed by atoms with Crippen LogP contribution in [0.3, 0.4) is 0 Å². The summed E-state index contributed by atoms with van der Waals surface area (Å²) in [5, 5.41) is 17.6. The monoisotopic (exact) mass is 355 g/mol. The number of carboxylic acids is 1. The van der Waals surface area contributed by atoms with Crippen LogP contribution in [0.2, 0.25) is 0 Å². The zero-order valence-corrected chi connectivity index (χ0v) is 12.1. The summed E-state index contributed by atoms with van der Waals surface area (Å²) in [5.74, 6) is -2.93. The molecule has 1 aromatic rings. The number of hydrogen-bond donors (Lipinski definition) is 3. The zero-order valence-electron chi connectivity index (χ0n) is 9.72. The second kappa shape index (κ2) is 5.95. The van der Waals surface area contributed by atoms with Crippen molar-refractivity contribution in [2.75, 3.05) is 6.61 Å². The smallest absolute Gasteiger partial charge is 0.338 e. The van der Waals surface area contributed by atoms with E-state index in [2.05, 4.69) is 15.9 Å². The van der Waals surface area contributed by atoms with E-state index < -0.39 is 44.9 Å². The number of carboxylic acid groups (broad SMARTS) is 1. The van der Waals surface area contributed by atoms with Crippen LogP contribution in [0.4, 0.5) is 4.39 Å². The minimum absolute atomic E-state index is 0.114. The lowest BCUT2D eigenvalue weighted by molar-refractivity contribution is 0.0691. The normalized spacial score (nSPS) is 13.3. The number of carbonyl (C=O) groups is 1. The molecule has 6 nitrogen and oxygen atoms in total. The maximum atomic E-state index is 13.9. The highest BCUT2D eigenvalue weighted by Crippen LogP contribution is 2.24. The first-order chi connectivity index (χ1) is 8.69. The molecule has 0 aliphatic carbocycles. The van der Waals surface area contributed by atoms with Gasteiger partial charge in [0.1, 0.15) is 4.90 Å². The maximum absolute atomic E-state index is 13.9. The maximum Gasteiger partial charge on any atom is 0.338 e. The summed E-state index contributed by atoms with van der Waals surface area (Å²) in [4.78, 5) is 10.0. The fourth-order valence-electron chi connectivity index (χ4n) is 1.28. The summed E-state index contributed by atoms with van der Waals surface area (Å²) in [6.07, 6.45) is 0. The number of aromatic carboxylic acids is 1. The second-order valence-electron chi connectivity index (χ2n) is 3.78. The van der Waals surface area contributed by atoms with Crippen molar-refractivity contribution in [1.82, 2.24) is 4.72 Å². The number of halogens is 2. The highest BCUT2D eigenvalue weighted by Gasteiger charge is 2.26. The first kappa shape index (κ1) is 16.0. The molecule has 3 N–H and O–H groups in total. The molecule has 1 rings (SSSR count). The van der Waals surface area contributed by atoms with E-state index in [1.807, 2.05) is 4.72 Å². The van der Waals surface area contributed by atoms with E-state index >= 15 is 0 Å². The number of benzene rings is 1. The van der Waals surface area contributed by atoms with Gasteiger partial charge in [-0.3, -0.25) is 0 Å². The SMILES string of the molecule is C[C@@H](CO)NS(=O)(=O)c1cc(Br)cc(C(=O)O)c1F. The second-order valence-corrected chi connectivity index (χ2v) is 6.37. The lowest BCUT2D eigenvalue weighted by Crippen LogP contribution is -2.35. The Hall–Kier alpha value is -1.03. The van der Waals surface area contributed by atoms with E-state index in [9.17, 15) is 17.6 Å². The van der Waals surface area contributed by atoms with Crippen molar-refractivity contribution in [3.63, 3.8) is 0 Å². The summed E-state index contributed by atoms with van der Waals surface area (Å²) < 4.78 is 39.8. The fourth-order valence-corrected chi connectivity index (χ4v) is 3.25. The van der Waals surface area contributed by atoms with Gasteiger partial charge in [0.2, 0.25) is 10.0 Å². The van der Waals surface area contributed by atoms with Crippen molar-refractivity contribution < 1.29 is 27.8 Å². The first-order valence-corrected chi connectivity index (χ1v) is 7.32. The van der Waals surface area contributed by atoms with E-state index in [0.29, 0.717) is 0 Å². The minimum atomic E-state index is -4.26. The van der Waals surface area contributed by atoms with Crippen LogP contribution in [0.15, 0.2) is 21.5 Å². The molecule has 0 saturated heterocycles. The van der Waals surface area contributed by atoms with E-state index in [-0.39, 0.29) is 4.47 Å². The van der Waals surface area contributed by atoms with Crippen molar-refractivity contribution in [3.8, 4) is 0 Å². The molecule has 0 radical (unpaired) electrons. The van der Waals surface area contributed by atoms with Gasteiger partial charge in [-0.2, -0.15) is 0 Å². The van der Waals surface area contributed by atoms with E-state index in [1.54, 1.807) is 0 Å². The predicted molar refractivity (Wildman–Crippen MR) is 67.9 cm³/mol. The third-order valence-electron chi connectivity index (χ3n) is 2.15. The summed E-state index contributed by atoms with van der Waals surface area (Å²) in [5.41, 5.74) is -0.758. The Balaban J connectivity index is 3.39. The third kappa shape index (κ3) is 3.72. The Morgan fingerprint density at radius 2 is 2.11 bits per heavy atom. The molecule has 0 amide bonds. The minimum Gasteiger partial charge on any atom is -0.478 e. The quantitative estimate of drug-likeness (QED) is 0.729. The lowest BCUT2D eigenvalue weighted by Gasteiger charge is -2.13. The zero-order chi connectivity index (χ0) is 14.8. The average molecular weight is 356 g/mol. The van der Waals surface area contributed by atoms with E-state index in [1.165, 1.54) is 6.92 Å². The van der Waals surface area contributed by atoms with Gasteiger partial charge in [-0.15, -0.1) is 0 Å². The molecular formula is C10H11BrFNO5S. The highest BCUT2D eigenvalue weighted by molar-refractivity contribution is 9.10. The van der Waals surface area contributed by atoms with Gasteiger partial charge in [0.05, 0.1) is 12.2 Å². The molecule has 19 heavy (non-hydrogen) atoms. The van der Waals surface area contributed by atoms with Crippen LogP contribution in [-0.2, 0) is 10.0 Å². The third-order valence-corrected chi connectivity index (χ3v) is 4.20. The molecule has 0 saturated carbocycles. The van der Waals surface area contributed by atoms with E-state index in [4.69, 9.17) is 10.2 Å². The Bertz CT molecular complexity index is 604. The van der Waals surface area contributed by atoms with Gasteiger partial charge in [0.15, 0.2) is 5.82 Å². The molecular weight excluding hydrogens is 345 g/mol. The number of nitrogens with one attached hydrogen (secondary N) is 1. The van der Waals surface area contributed by atoms with E-state index in [0.717, 1.165) is 12.1 Å². The van der Waals surface area contributed by atoms with Gasteiger partial charge in [-0.25, -0.2) is 22.3 Å². The van der Waals surface area contributed by atoms with Crippen molar-refractivity contribution in [2.45, 2.75) is 17.9 Å². The summed E-state index contributed by atoms with van der Waals surface area (Å²) in [7, 11) is -4.26. The topological polar surface area (TPSA) is 104 Å². The van der Waals surface area contributed by atoms with Crippen LogP contribution in [0, 0.1) is 5.82 Å². The van der Waals surface area contributed by atoms with Gasteiger partial charge >= 0.3 is 5.97 Å². The summed E-state index contributed by atoms with van der Waals surface area (Å²) >= 11 is 2.92. The van der Waals surface area contributed by atoms with Gasteiger partial charge in [-0.1, -0.05) is 15.9 Å². The van der Waals surface area contributed by atoms with Crippen LogP contribution in [0.1, 0.15) is 17.3 Å². The van der Waals surface area contributed by atoms with Crippen molar-refractivity contribution in [1.29, 1.82) is 0 Å². The molecule has 1 atom stereocenters. The summed E-state index contributed by atoms with van der Waals surface area (Å²) in [6.45, 7) is 0.909. The molecule has 0 heterocycles. The first-order valence-electron chi connectivity index (χ1n) is 5.04. The number of hydrogen-bond acceptors (Lipinski definition) is 4. The number of sulfonamides is 1. The van der Waals surface area contributed by atoms with Crippen LogP contribution in [-0.4, -0.2) is 37.2 Å². The van der Waals surface area contributed by atoms with Crippen LogP contribution in [0.5, 0.6) is 0 Å². The number of aliphatic hydroxyl groups is 1. The molecule has 1 aromatic carbocycles. The van der Waals surface area contributed by atoms with Crippen molar-refractivity contribution in [3.05, 3.63) is 28.0 Å². The van der Waals surface area contributed by atoms with Gasteiger partial charge in [0.25, 0.3) is 0 Å². The molecule has 0 unspecified atom stereocenters. The highest BCUT2D eigenvalue weighted by atomic mass is 79.9. The molecule has 0 bridgehead atoms. The molecule has 0 aliphatic rings. The Kier molecular flexibility index (Phi) is 5.02. The van der Waals surface area contributed by atoms with Crippen LogP contribution in [0.25, 0.3) is 0 Å². The largest absolute Gasteiger partial charge is 0.478 e. The molecule has 0 aromatic heterocycles. The standard InChI is InChI=1S/C10H11BrFNO5S/c1-5(4-14)13-19(17,18)8-3-6(11)2-7(9(8)12)10(15)16/h2-3,5,13-14H,4H2,1H3,(H,15,16)/t5-/m0/s1. The molecule has 0 fully saturated rings. The van der Waals surface area contributed by atoms with Crippen LogP contribution < -0.4 is 4.72 Å². The molecule has 0 aliphatic heterocycles. The van der Waals surface area contributed by atoms with Gasteiger partial charge < -0.3 is 10.2 Å². The average Bonchev–Trinajstić information content (AvgIpc) is 2.30. The number of rotatable bonds is 5. The number of aliphatic hydroxyl groups excluding tert-OH is 1. The Labute approximate surface area is 117 Å². The van der Waals surface area contributed by atoms with Gasteiger partial charge in [-0.05, 0) is 19.1 Å². The fraction of sp³-hybridized carbons (Fsp3) is 0.300. The Morgan fingerprint density at radius 3 is 2.58 bits per heavy atom. The van der Waals surface area contributed by atoms with Crippen molar-refractivity contribution in [2.24, 2.45) is 0 Å². The Morgan fingerprint density at radius 1 is 1.53 bits per heavy atom. The lowest BCUT2D eigenvalue weighted by atomic mass is 10.2. The molecule has 106 valence electrons.